The van der Waals surface area contributed by atoms with Crippen LogP contribution in [0.4, 0.5) is 10.1 Å². The maximum atomic E-state index is 13.9. The minimum absolute atomic E-state index is 0.107. The number of halogens is 1. The highest BCUT2D eigenvalue weighted by atomic mass is 32.2. The van der Waals surface area contributed by atoms with Gasteiger partial charge in [-0.05, 0) is 47.3 Å². The van der Waals surface area contributed by atoms with Gasteiger partial charge in [0.05, 0.1) is 11.3 Å². The molecule has 0 bridgehead atoms. The monoisotopic (exact) mass is 473 g/mol. The first kappa shape index (κ1) is 21.4. The van der Waals surface area contributed by atoms with Crippen LogP contribution in [0, 0.1) is 5.82 Å². The van der Waals surface area contributed by atoms with Gasteiger partial charge in [-0.15, -0.1) is 23.1 Å². The van der Waals surface area contributed by atoms with Gasteiger partial charge in [0.15, 0.2) is 0 Å². The zero-order valence-electron chi connectivity index (χ0n) is 15.9. The third kappa shape index (κ3) is 4.73. The molecule has 0 radical (unpaired) electrons. The molecule has 0 unspecified atom stereocenters. The van der Waals surface area contributed by atoms with Crippen molar-refractivity contribution < 1.29 is 22.7 Å². The van der Waals surface area contributed by atoms with Gasteiger partial charge in [0, 0.05) is 15.3 Å². The molecule has 0 aliphatic heterocycles. The van der Waals surface area contributed by atoms with Gasteiger partial charge in [0.2, 0.25) is 0 Å². The summed E-state index contributed by atoms with van der Waals surface area (Å²) < 4.78 is 43.2. The second kappa shape index (κ2) is 8.70. The molecule has 158 valence electrons. The molecule has 1 aromatic heterocycles. The zero-order valence-corrected chi connectivity index (χ0v) is 18.4. The molecule has 1 heterocycles. The maximum Gasteiger partial charge on any atom is 0.335 e. The van der Waals surface area contributed by atoms with Gasteiger partial charge in [0.25, 0.3) is 10.0 Å². The van der Waals surface area contributed by atoms with Gasteiger partial charge in [-0.3, -0.25) is 4.72 Å². The number of hydrogen-bond donors (Lipinski definition) is 2. The maximum absolute atomic E-state index is 13.9. The molecule has 2 N–H and O–H groups in total. The lowest BCUT2D eigenvalue weighted by molar-refractivity contribution is 0.0696. The minimum atomic E-state index is -3.92. The first-order chi connectivity index (χ1) is 14.8. The number of carbonyl (C=O) groups is 1. The lowest BCUT2D eigenvalue weighted by Gasteiger charge is -2.12. The van der Waals surface area contributed by atoms with Crippen LogP contribution in [0.3, 0.4) is 0 Å². The number of anilines is 1. The van der Waals surface area contributed by atoms with Crippen molar-refractivity contribution >= 4 is 54.9 Å². The smallest absolute Gasteiger partial charge is 0.335 e. The number of fused-ring (bicyclic) bond motifs is 1. The summed E-state index contributed by atoms with van der Waals surface area (Å²) in [6, 6.07) is 19.3. The standard InChI is InChI=1S/C22H16FNO4S3/c23-16-9-10-20(29-13-15-6-1-3-7-17(15)22(25)26)18(12-16)24-31(27,28)21-11-14-5-2-4-8-19(14)30-21/h1-12,24H,13H2,(H,25,26). The number of carboxylic acids is 1. The number of sulfonamides is 1. The number of thioether (sulfide) groups is 1. The summed E-state index contributed by atoms with van der Waals surface area (Å²) in [5.41, 5.74) is 0.863. The summed E-state index contributed by atoms with van der Waals surface area (Å²) >= 11 is 2.36. The van der Waals surface area contributed by atoms with Crippen LogP contribution in [0.25, 0.3) is 10.1 Å². The molecular weight excluding hydrogens is 457 g/mol. The summed E-state index contributed by atoms with van der Waals surface area (Å²) in [7, 11) is -3.92. The largest absolute Gasteiger partial charge is 0.478 e. The summed E-state index contributed by atoms with van der Waals surface area (Å²) in [6.45, 7) is 0. The van der Waals surface area contributed by atoms with Gasteiger partial charge in [-0.25, -0.2) is 17.6 Å². The second-order valence-electron chi connectivity index (χ2n) is 6.60. The lowest BCUT2D eigenvalue weighted by atomic mass is 10.1. The Morgan fingerprint density at radius 2 is 1.77 bits per heavy atom. The van der Waals surface area contributed by atoms with Gasteiger partial charge in [-0.2, -0.15) is 0 Å². The van der Waals surface area contributed by atoms with E-state index in [0.29, 0.717) is 10.5 Å². The predicted molar refractivity (Wildman–Crippen MR) is 122 cm³/mol. The van der Waals surface area contributed by atoms with Crippen LogP contribution in [0.2, 0.25) is 0 Å². The van der Waals surface area contributed by atoms with E-state index in [1.165, 1.54) is 30.0 Å². The van der Waals surface area contributed by atoms with E-state index < -0.39 is 21.8 Å². The van der Waals surface area contributed by atoms with E-state index >= 15 is 0 Å². The fraction of sp³-hybridized carbons (Fsp3) is 0.0455. The highest BCUT2D eigenvalue weighted by molar-refractivity contribution is 7.99. The van der Waals surface area contributed by atoms with E-state index in [1.54, 1.807) is 24.3 Å². The van der Waals surface area contributed by atoms with E-state index in [2.05, 4.69) is 4.72 Å². The fourth-order valence-electron chi connectivity index (χ4n) is 3.00. The SMILES string of the molecule is O=C(O)c1ccccc1CSc1ccc(F)cc1NS(=O)(=O)c1cc2ccccc2s1. The molecule has 0 atom stereocenters. The van der Waals surface area contributed by atoms with Crippen LogP contribution in [-0.2, 0) is 15.8 Å². The number of benzene rings is 3. The van der Waals surface area contributed by atoms with Crippen LogP contribution in [0.1, 0.15) is 15.9 Å². The van der Waals surface area contributed by atoms with Crippen LogP contribution in [0.15, 0.2) is 81.9 Å². The Morgan fingerprint density at radius 3 is 2.55 bits per heavy atom. The quantitative estimate of drug-likeness (QED) is 0.330. The van der Waals surface area contributed by atoms with Gasteiger partial charge >= 0.3 is 5.97 Å². The van der Waals surface area contributed by atoms with E-state index in [4.69, 9.17) is 0 Å². The first-order valence-corrected chi connectivity index (χ1v) is 12.4. The molecule has 4 aromatic rings. The molecule has 0 spiro atoms. The van der Waals surface area contributed by atoms with Gasteiger partial charge < -0.3 is 5.11 Å². The molecular formula is C22H16FNO4S3. The van der Waals surface area contributed by atoms with Crippen molar-refractivity contribution in [1.82, 2.24) is 0 Å². The highest BCUT2D eigenvalue weighted by Crippen LogP contribution is 2.35. The Morgan fingerprint density at radius 1 is 1.03 bits per heavy atom. The molecule has 9 heteroatoms. The molecule has 0 amide bonds. The number of thiophene rings is 1. The summed E-state index contributed by atoms with van der Waals surface area (Å²) in [5.74, 6) is -1.34. The van der Waals surface area contributed by atoms with E-state index in [1.807, 2.05) is 24.3 Å². The van der Waals surface area contributed by atoms with Crippen molar-refractivity contribution in [3.05, 3.63) is 89.7 Å². The number of nitrogens with one attached hydrogen (secondary N) is 1. The molecule has 0 saturated carbocycles. The normalized spacial score (nSPS) is 11.5. The predicted octanol–water partition coefficient (Wildman–Crippen LogP) is 5.83. The minimum Gasteiger partial charge on any atom is -0.478 e. The molecule has 0 aliphatic rings. The number of aromatic carboxylic acids is 1. The Hall–Kier alpha value is -2.88. The number of carboxylic acid groups (broad SMARTS) is 1. The lowest BCUT2D eigenvalue weighted by Crippen LogP contribution is -2.12. The second-order valence-corrected chi connectivity index (χ2v) is 10.6. The molecule has 31 heavy (non-hydrogen) atoms. The topological polar surface area (TPSA) is 83.5 Å². The average Bonchev–Trinajstić information content (AvgIpc) is 3.18. The van der Waals surface area contributed by atoms with Gasteiger partial charge in [0.1, 0.15) is 10.0 Å². The van der Waals surface area contributed by atoms with Crippen molar-refractivity contribution in [1.29, 1.82) is 0 Å². The first-order valence-electron chi connectivity index (χ1n) is 9.08. The van der Waals surface area contributed by atoms with Crippen LogP contribution in [0.5, 0.6) is 0 Å². The Labute approximate surface area is 186 Å². The van der Waals surface area contributed by atoms with Crippen LogP contribution in [-0.4, -0.2) is 19.5 Å². The molecule has 3 aromatic carbocycles. The Kier molecular flexibility index (Phi) is 5.99. The Bertz CT molecular complexity index is 1350. The average molecular weight is 474 g/mol. The highest BCUT2D eigenvalue weighted by Gasteiger charge is 2.20. The molecule has 0 fully saturated rings. The number of rotatable bonds is 7. The number of hydrogen-bond acceptors (Lipinski definition) is 5. The van der Waals surface area contributed by atoms with Crippen molar-refractivity contribution in [2.75, 3.05) is 4.72 Å². The summed E-state index contributed by atoms with van der Waals surface area (Å²) in [5, 5.41) is 10.2. The zero-order chi connectivity index (χ0) is 22.0. The van der Waals surface area contributed by atoms with E-state index in [-0.39, 0.29) is 21.2 Å². The third-order valence-electron chi connectivity index (χ3n) is 4.48. The Balaban J connectivity index is 1.62. The van der Waals surface area contributed by atoms with Crippen LogP contribution >= 0.6 is 23.1 Å². The molecule has 0 saturated heterocycles. The molecule has 4 rings (SSSR count). The van der Waals surface area contributed by atoms with Crippen molar-refractivity contribution in [3.63, 3.8) is 0 Å². The fourth-order valence-corrected chi connectivity index (χ4v) is 6.53. The third-order valence-corrected chi connectivity index (χ3v) is 8.56. The van der Waals surface area contributed by atoms with E-state index in [0.717, 1.165) is 27.5 Å². The van der Waals surface area contributed by atoms with Crippen molar-refractivity contribution in [2.24, 2.45) is 0 Å². The van der Waals surface area contributed by atoms with Crippen molar-refractivity contribution in [3.8, 4) is 0 Å². The molecule has 0 aliphatic carbocycles. The van der Waals surface area contributed by atoms with Crippen molar-refractivity contribution in [2.45, 2.75) is 14.9 Å². The summed E-state index contributed by atoms with van der Waals surface area (Å²) in [6.07, 6.45) is 0. The summed E-state index contributed by atoms with van der Waals surface area (Å²) in [4.78, 5) is 11.9. The van der Waals surface area contributed by atoms with Crippen LogP contribution < -0.4 is 4.72 Å². The van der Waals surface area contributed by atoms with Gasteiger partial charge in [-0.1, -0.05) is 36.4 Å². The molecule has 5 nitrogen and oxygen atoms in total. The van der Waals surface area contributed by atoms with E-state index in [9.17, 15) is 22.7 Å².